The van der Waals surface area contributed by atoms with Gasteiger partial charge in [-0.15, -0.1) is 0 Å². The fraction of sp³-hybridized carbons (Fsp3) is 0.100. The molecule has 1 amide bonds. The Morgan fingerprint density at radius 2 is 2.13 bits per heavy atom. The van der Waals surface area contributed by atoms with Crippen LogP contribution >= 0.6 is 0 Å². The molecule has 1 heterocycles. The third kappa shape index (κ3) is 1.27. The lowest BCUT2D eigenvalue weighted by atomic mass is 9.89. The van der Waals surface area contributed by atoms with E-state index in [0.717, 1.165) is 11.1 Å². The van der Waals surface area contributed by atoms with Gasteiger partial charge in [0.25, 0.3) is 5.91 Å². The van der Waals surface area contributed by atoms with Crippen LogP contribution < -0.4 is 16.9 Å². The lowest BCUT2D eigenvalue weighted by molar-refractivity contribution is 0.100. The van der Waals surface area contributed by atoms with Crippen molar-refractivity contribution in [1.29, 1.82) is 0 Å². The number of hydrogen-bond acceptors (Lipinski definition) is 2. The summed E-state index contributed by atoms with van der Waals surface area (Å²) < 4.78 is 0. The van der Waals surface area contributed by atoms with Gasteiger partial charge in [-0.1, -0.05) is 17.6 Å². The Kier molecular flexibility index (Phi) is 1.96. The summed E-state index contributed by atoms with van der Waals surface area (Å²) in [6, 6.07) is 3.47. The molecule has 0 bridgehead atoms. The number of anilines is 1. The fourth-order valence-electron chi connectivity index (χ4n) is 1.70. The average Bonchev–Trinajstić information content (AvgIpc) is 2.49. The minimum absolute atomic E-state index is 0.284. The van der Waals surface area contributed by atoms with Gasteiger partial charge in [-0.05, 0) is 12.5 Å². The molecule has 2 rings (SSSR count). The summed E-state index contributed by atoms with van der Waals surface area (Å²) in [4.78, 5) is 14.1. The molecule has 4 nitrogen and oxygen atoms in total. The minimum Gasteiger partial charge on any atom is -0.385 e. The third-order valence-electron chi connectivity index (χ3n) is 2.55. The van der Waals surface area contributed by atoms with E-state index in [-0.39, 0.29) is 5.82 Å². The molecule has 0 saturated heterocycles. The Bertz CT molecular complexity index is 559. The number of carbonyl (C=O) groups is 1. The van der Waals surface area contributed by atoms with Gasteiger partial charge in [0.1, 0.15) is 13.7 Å². The van der Waals surface area contributed by atoms with Gasteiger partial charge in [0.05, 0.1) is 11.1 Å². The first-order chi connectivity index (χ1) is 7.02. The van der Waals surface area contributed by atoms with Crippen molar-refractivity contribution >= 4 is 35.9 Å². The number of nitrogens with two attached hydrogens (primary N) is 2. The van der Waals surface area contributed by atoms with E-state index in [1.165, 1.54) is 0 Å². The van der Waals surface area contributed by atoms with E-state index in [4.69, 9.17) is 19.3 Å². The Morgan fingerprint density at radius 1 is 1.47 bits per heavy atom. The van der Waals surface area contributed by atoms with Crippen LogP contribution in [0.4, 0.5) is 5.82 Å². The van der Waals surface area contributed by atoms with Gasteiger partial charge in [-0.3, -0.25) is 4.79 Å². The first kappa shape index (κ1) is 9.64. The average molecular weight is 199 g/mol. The van der Waals surface area contributed by atoms with Crippen LogP contribution in [0.1, 0.15) is 15.9 Å². The molecule has 1 aromatic heterocycles. The second kappa shape index (κ2) is 3.05. The number of primary amides is 1. The molecule has 0 spiro atoms. The zero-order valence-electron chi connectivity index (χ0n) is 8.29. The Morgan fingerprint density at radius 3 is 2.73 bits per heavy atom. The van der Waals surface area contributed by atoms with Crippen LogP contribution in [-0.2, 0) is 0 Å². The van der Waals surface area contributed by atoms with Crippen LogP contribution in [0, 0.1) is 6.92 Å². The van der Waals surface area contributed by atoms with E-state index in [1.54, 1.807) is 12.1 Å². The molecule has 0 aliphatic carbocycles. The van der Waals surface area contributed by atoms with Crippen LogP contribution in [0.3, 0.4) is 0 Å². The fourth-order valence-corrected chi connectivity index (χ4v) is 1.70. The Balaban J connectivity index is 2.91. The first-order valence-corrected chi connectivity index (χ1v) is 4.48. The van der Waals surface area contributed by atoms with Crippen molar-refractivity contribution in [3.8, 4) is 0 Å². The topological polar surface area (TPSA) is 84.9 Å². The van der Waals surface area contributed by atoms with Crippen molar-refractivity contribution in [1.82, 2.24) is 4.98 Å². The van der Waals surface area contributed by atoms with Crippen LogP contribution in [0.25, 0.3) is 10.9 Å². The zero-order valence-corrected chi connectivity index (χ0v) is 8.29. The number of hydrogen-bond donors (Lipinski definition) is 3. The molecule has 1 aromatic carbocycles. The monoisotopic (exact) mass is 199 g/mol. The lowest BCUT2D eigenvalue weighted by Crippen LogP contribution is -2.12. The minimum atomic E-state index is -0.539. The van der Waals surface area contributed by atoms with Crippen molar-refractivity contribution in [2.24, 2.45) is 5.73 Å². The predicted octanol–water partition coefficient (Wildman–Crippen LogP) is -0.0488. The van der Waals surface area contributed by atoms with Crippen molar-refractivity contribution in [3.63, 3.8) is 0 Å². The summed E-state index contributed by atoms with van der Waals surface area (Å²) in [5.41, 5.74) is 13.5. The maximum atomic E-state index is 11.2. The lowest BCUT2D eigenvalue weighted by Gasteiger charge is -2.01. The molecular formula is C10H10BN3O. The Hall–Kier alpha value is -1.91. The third-order valence-corrected chi connectivity index (χ3v) is 2.55. The molecule has 5 heteroatoms. The van der Waals surface area contributed by atoms with Gasteiger partial charge in [0.15, 0.2) is 0 Å². The van der Waals surface area contributed by atoms with Crippen molar-refractivity contribution in [3.05, 3.63) is 23.3 Å². The summed E-state index contributed by atoms with van der Waals surface area (Å²) in [5, 5.41) is 0.715. The largest absolute Gasteiger partial charge is 0.385 e. The van der Waals surface area contributed by atoms with Crippen LogP contribution in [0.15, 0.2) is 12.1 Å². The highest BCUT2D eigenvalue weighted by atomic mass is 16.1. The van der Waals surface area contributed by atoms with Gasteiger partial charge in [-0.2, -0.15) is 0 Å². The number of carbonyl (C=O) groups excluding carboxylic acids is 1. The number of aryl methyl sites for hydroxylation is 1. The molecule has 0 unspecified atom stereocenters. The maximum absolute atomic E-state index is 11.2. The van der Waals surface area contributed by atoms with E-state index in [1.807, 2.05) is 6.92 Å². The number of benzene rings is 1. The normalized spacial score (nSPS) is 10.7. The Labute approximate surface area is 88.0 Å². The molecule has 0 aliphatic heterocycles. The SMILES string of the molecule is [B]c1ccc2c(C(N)=O)c(N)[nH]c2c1C. The van der Waals surface area contributed by atoms with Gasteiger partial charge in [-0.25, -0.2) is 0 Å². The number of amides is 1. The summed E-state index contributed by atoms with van der Waals surface area (Å²) in [6.07, 6.45) is 0. The summed E-state index contributed by atoms with van der Waals surface area (Å²) in [7, 11) is 5.74. The van der Waals surface area contributed by atoms with Crippen LogP contribution in [-0.4, -0.2) is 18.7 Å². The predicted molar refractivity (Wildman–Crippen MR) is 61.4 cm³/mol. The van der Waals surface area contributed by atoms with E-state index in [9.17, 15) is 4.79 Å². The molecule has 2 radical (unpaired) electrons. The number of rotatable bonds is 1. The summed E-state index contributed by atoms with van der Waals surface area (Å²) in [6.45, 7) is 1.86. The van der Waals surface area contributed by atoms with Gasteiger partial charge in [0.2, 0.25) is 0 Å². The molecule has 2 aromatic rings. The summed E-state index contributed by atoms with van der Waals surface area (Å²) in [5.74, 6) is -0.255. The second-order valence-electron chi connectivity index (χ2n) is 3.48. The molecule has 5 N–H and O–H groups in total. The number of nitrogens with one attached hydrogen (secondary N) is 1. The maximum Gasteiger partial charge on any atom is 0.253 e. The first-order valence-electron chi connectivity index (χ1n) is 4.48. The number of aromatic nitrogens is 1. The standard InChI is InChI=1S/C10H10BN3O/c1-4-6(11)3-2-5-7(10(13)15)9(12)14-8(4)5/h2-3,14H,12H2,1H3,(H2,13,15). The molecule has 74 valence electrons. The molecular weight excluding hydrogens is 189 g/mol. The summed E-state index contributed by atoms with van der Waals surface area (Å²) >= 11 is 0. The highest BCUT2D eigenvalue weighted by molar-refractivity contribution is 6.34. The number of nitrogen functional groups attached to an aromatic ring is 1. The van der Waals surface area contributed by atoms with Crippen molar-refractivity contribution in [2.45, 2.75) is 6.92 Å². The quantitative estimate of drug-likeness (QED) is 0.562. The van der Waals surface area contributed by atoms with Crippen LogP contribution in [0.2, 0.25) is 0 Å². The molecule has 0 saturated carbocycles. The second-order valence-corrected chi connectivity index (χ2v) is 3.48. The highest BCUT2D eigenvalue weighted by Crippen LogP contribution is 2.24. The molecule has 0 fully saturated rings. The van der Waals surface area contributed by atoms with E-state index in [2.05, 4.69) is 4.98 Å². The van der Waals surface area contributed by atoms with Crippen molar-refractivity contribution < 1.29 is 4.79 Å². The highest BCUT2D eigenvalue weighted by Gasteiger charge is 2.15. The van der Waals surface area contributed by atoms with Crippen LogP contribution in [0.5, 0.6) is 0 Å². The van der Waals surface area contributed by atoms with Gasteiger partial charge < -0.3 is 16.5 Å². The zero-order chi connectivity index (χ0) is 11.2. The van der Waals surface area contributed by atoms with Gasteiger partial charge in [0, 0.05) is 5.39 Å². The number of aromatic amines is 1. The van der Waals surface area contributed by atoms with E-state index < -0.39 is 5.91 Å². The number of H-pyrrole nitrogens is 1. The molecule has 15 heavy (non-hydrogen) atoms. The van der Waals surface area contributed by atoms with E-state index >= 15 is 0 Å². The van der Waals surface area contributed by atoms with E-state index in [0.29, 0.717) is 16.4 Å². The smallest absolute Gasteiger partial charge is 0.253 e. The van der Waals surface area contributed by atoms with Gasteiger partial charge >= 0.3 is 0 Å². The molecule has 0 aliphatic rings. The van der Waals surface area contributed by atoms with Crippen molar-refractivity contribution in [2.75, 3.05) is 5.73 Å². The molecule has 0 atom stereocenters. The number of fused-ring (bicyclic) bond motifs is 1.